The molecule has 0 aromatic heterocycles. The number of hydrogen-bond acceptors (Lipinski definition) is 2. The lowest BCUT2D eigenvalue weighted by molar-refractivity contribution is 0.176. The van der Waals surface area contributed by atoms with E-state index in [2.05, 4.69) is 12.2 Å². The topological polar surface area (TPSA) is 21.3 Å². The maximum Gasteiger partial charge on any atom is 0.130 e. The summed E-state index contributed by atoms with van der Waals surface area (Å²) in [4.78, 5) is 0. The lowest BCUT2D eigenvalue weighted by Crippen LogP contribution is -2.30. The van der Waals surface area contributed by atoms with Crippen LogP contribution in [-0.2, 0) is 4.74 Å². The molecule has 2 nitrogen and oxygen atoms in total. The van der Waals surface area contributed by atoms with Gasteiger partial charge in [-0.3, -0.25) is 0 Å². The molecular weight excluding hydrogens is 229 g/mol. The molecule has 100 valence electrons. The monoisotopic (exact) mass is 251 g/mol. The summed E-state index contributed by atoms with van der Waals surface area (Å²) in [6, 6.07) is 5.73. The van der Waals surface area contributed by atoms with Crippen molar-refractivity contribution in [1.29, 1.82) is 0 Å². The minimum absolute atomic E-state index is 0.0713. The van der Waals surface area contributed by atoms with Crippen molar-refractivity contribution in [3.8, 4) is 0 Å². The fourth-order valence-electron chi connectivity index (χ4n) is 2.56. The van der Waals surface area contributed by atoms with E-state index in [0.717, 1.165) is 43.7 Å². The molecule has 1 aromatic carbocycles. The van der Waals surface area contributed by atoms with Gasteiger partial charge in [-0.15, -0.1) is 0 Å². The second-order valence-electron chi connectivity index (χ2n) is 5.03. The van der Waals surface area contributed by atoms with Crippen LogP contribution >= 0.6 is 0 Å². The van der Waals surface area contributed by atoms with Gasteiger partial charge in [0.2, 0.25) is 0 Å². The van der Waals surface area contributed by atoms with Gasteiger partial charge in [0.05, 0.1) is 6.61 Å². The van der Waals surface area contributed by atoms with Gasteiger partial charge in [-0.1, -0.05) is 25.1 Å². The van der Waals surface area contributed by atoms with E-state index < -0.39 is 0 Å². The smallest absolute Gasteiger partial charge is 0.130 e. The van der Waals surface area contributed by atoms with Crippen molar-refractivity contribution < 1.29 is 9.13 Å². The molecule has 2 unspecified atom stereocenters. The van der Waals surface area contributed by atoms with E-state index in [4.69, 9.17) is 4.74 Å². The van der Waals surface area contributed by atoms with Crippen molar-refractivity contribution in [2.45, 2.75) is 32.7 Å². The summed E-state index contributed by atoms with van der Waals surface area (Å²) < 4.78 is 19.7. The van der Waals surface area contributed by atoms with Crippen LogP contribution in [0.25, 0.3) is 0 Å². The first-order chi connectivity index (χ1) is 8.74. The Kier molecular flexibility index (Phi) is 4.72. The summed E-state index contributed by atoms with van der Waals surface area (Å²) >= 11 is 0. The molecule has 1 aliphatic rings. The minimum Gasteiger partial charge on any atom is -0.381 e. The minimum atomic E-state index is -0.0713. The zero-order valence-corrected chi connectivity index (χ0v) is 11.2. The predicted molar refractivity (Wildman–Crippen MR) is 71.1 cm³/mol. The van der Waals surface area contributed by atoms with Gasteiger partial charge in [0.15, 0.2) is 0 Å². The highest BCUT2D eigenvalue weighted by atomic mass is 19.1. The second kappa shape index (κ2) is 6.30. The van der Waals surface area contributed by atoms with Crippen LogP contribution in [0.4, 0.5) is 4.39 Å². The summed E-state index contributed by atoms with van der Waals surface area (Å²) in [5.41, 5.74) is 1.51. The highest BCUT2D eigenvalue weighted by molar-refractivity contribution is 5.28. The third-order valence-corrected chi connectivity index (χ3v) is 3.61. The molecule has 1 N–H and O–H groups in total. The van der Waals surface area contributed by atoms with Crippen LogP contribution < -0.4 is 5.32 Å². The van der Waals surface area contributed by atoms with Gasteiger partial charge < -0.3 is 10.1 Å². The molecule has 0 bridgehead atoms. The normalized spacial score (nSPS) is 21.2. The summed E-state index contributed by atoms with van der Waals surface area (Å²) in [5, 5.41) is 3.48. The lowest BCUT2D eigenvalue weighted by atomic mass is 9.91. The van der Waals surface area contributed by atoms with E-state index in [-0.39, 0.29) is 11.9 Å². The Labute approximate surface area is 109 Å². The number of rotatable bonds is 5. The average Bonchev–Trinajstić information content (AvgIpc) is 2.88. The molecule has 1 saturated heterocycles. The van der Waals surface area contributed by atoms with Crippen LogP contribution in [-0.4, -0.2) is 19.8 Å². The molecule has 0 spiro atoms. The molecular formula is C15H22FNO. The number of halogens is 1. The van der Waals surface area contributed by atoms with Crippen LogP contribution in [0.3, 0.4) is 0 Å². The lowest BCUT2D eigenvalue weighted by Gasteiger charge is -2.25. The number of nitrogens with one attached hydrogen (secondary N) is 1. The van der Waals surface area contributed by atoms with Crippen LogP contribution in [0.15, 0.2) is 18.2 Å². The zero-order chi connectivity index (χ0) is 13.0. The van der Waals surface area contributed by atoms with E-state index in [0.29, 0.717) is 5.92 Å². The summed E-state index contributed by atoms with van der Waals surface area (Å²) in [6.07, 6.45) is 2.06. The van der Waals surface area contributed by atoms with E-state index in [1.165, 1.54) is 0 Å². The SMILES string of the molecule is CCCNC(c1cccc(C)c1F)C1CCOC1. The molecule has 0 radical (unpaired) electrons. The summed E-state index contributed by atoms with van der Waals surface area (Å²) in [6.45, 7) is 6.38. The Bertz CT molecular complexity index is 388. The average molecular weight is 251 g/mol. The molecule has 2 rings (SSSR count). The first kappa shape index (κ1) is 13.5. The highest BCUT2D eigenvalue weighted by Gasteiger charge is 2.28. The first-order valence-corrected chi connectivity index (χ1v) is 6.80. The van der Waals surface area contributed by atoms with Gasteiger partial charge in [-0.2, -0.15) is 0 Å². The standard InChI is InChI=1S/C15H22FNO/c1-3-8-17-15(12-7-9-18-10-12)13-6-4-5-11(2)14(13)16/h4-6,12,15,17H,3,7-10H2,1-2H3. The molecule has 3 heteroatoms. The van der Waals surface area contributed by atoms with Crippen molar-refractivity contribution in [3.05, 3.63) is 35.1 Å². The quantitative estimate of drug-likeness (QED) is 0.867. The Hall–Kier alpha value is -0.930. The molecule has 1 aromatic rings. The molecule has 1 aliphatic heterocycles. The molecule has 1 heterocycles. The van der Waals surface area contributed by atoms with E-state index in [1.54, 1.807) is 0 Å². The highest BCUT2D eigenvalue weighted by Crippen LogP contribution is 2.31. The molecule has 18 heavy (non-hydrogen) atoms. The van der Waals surface area contributed by atoms with Gasteiger partial charge in [-0.25, -0.2) is 4.39 Å². The van der Waals surface area contributed by atoms with E-state index in [9.17, 15) is 4.39 Å². The van der Waals surface area contributed by atoms with E-state index in [1.807, 2.05) is 25.1 Å². The van der Waals surface area contributed by atoms with Gasteiger partial charge in [0.25, 0.3) is 0 Å². The fraction of sp³-hybridized carbons (Fsp3) is 0.600. The molecule has 0 aliphatic carbocycles. The number of hydrogen-bond donors (Lipinski definition) is 1. The van der Waals surface area contributed by atoms with Crippen LogP contribution in [0.1, 0.15) is 36.9 Å². The van der Waals surface area contributed by atoms with Crippen molar-refractivity contribution in [2.24, 2.45) is 5.92 Å². The zero-order valence-electron chi connectivity index (χ0n) is 11.2. The maximum atomic E-state index is 14.3. The van der Waals surface area contributed by atoms with Crippen molar-refractivity contribution in [3.63, 3.8) is 0 Å². The van der Waals surface area contributed by atoms with Crippen LogP contribution in [0.2, 0.25) is 0 Å². The summed E-state index contributed by atoms with van der Waals surface area (Å²) in [5.74, 6) is 0.311. The van der Waals surface area contributed by atoms with Crippen molar-refractivity contribution in [1.82, 2.24) is 5.32 Å². The largest absolute Gasteiger partial charge is 0.381 e. The van der Waals surface area contributed by atoms with Crippen LogP contribution in [0, 0.1) is 18.7 Å². The first-order valence-electron chi connectivity index (χ1n) is 6.80. The fourth-order valence-corrected chi connectivity index (χ4v) is 2.56. The molecule has 0 saturated carbocycles. The van der Waals surface area contributed by atoms with Crippen molar-refractivity contribution >= 4 is 0 Å². The second-order valence-corrected chi connectivity index (χ2v) is 5.03. The number of benzene rings is 1. The van der Waals surface area contributed by atoms with Gasteiger partial charge >= 0.3 is 0 Å². The molecule has 2 atom stereocenters. The number of ether oxygens (including phenoxy) is 1. The van der Waals surface area contributed by atoms with Crippen molar-refractivity contribution in [2.75, 3.05) is 19.8 Å². The van der Waals surface area contributed by atoms with Gasteiger partial charge in [0.1, 0.15) is 5.82 Å². The molecule has 1 fully saturated rings. The van der Waals surface area contributed by atoms with Crippen LogP contribution in [0.5, 0.6) is 0 Å². The Morgan fingerprint density at radius 1 is 1.50 bits per heavy atom. The predicted octanol–water partition coefficient (Wildman–Crippen LogP) is 3.21. The Balaban J connectivity index is 2.23. The summed E-state index contributed by atoms with van der Waals surface area (Å²) in [7, 11) is 0. The van der Waals surface area contributed by atoms with Gasteiger partial charge in [-0.05, 0) is 31.9 Å². The third kappa shape index (κ3) is 2.90. The third-order valence-electron chi connectivity index (χ3n) is 3.61. The molecule has 0 amide bonds. The Morgan fingerprint density at radius 2 is 2.33 bits per heavy atom. The maximum absolute atomic E-state index is 14.3. The van der Waals surface area contributed by atoms with Gasteiger partial charge in [0, 0.05) is 24.1 Å². The Morgan fingerprint density at radius 3 is 3.00 bits per heavy atom. The number of aryl methyl sites for hydroxylation is 1. The van der Waals surface area contributed by atoms with E-state index >= 15 is 0 Å².